The van der Waals surface area contributed by atoms with Crippen LogP contribution in [0.3, 0.4) is 0 Å². The highest BCUT2D eigenvalue weighted by atomic mass is 32.2. The molecule has 1 aromatic carbocycles. The van der Waals surface area contributed by atoms with Gasteiger partial charge in [-0.05, 0) is 38.5 Å². The Labute approximate surface area is 175 Å². The van der Waals surface area contributed by atoms with E-state index in [2.05, 4.69) is 11.9 Å². The first kappa shape index (κ1) is 23.0. The molecule has 0 radical (unpaired) electrons. The van der Waals surface area contributed by atoms with Gasteiger partial charge in [-0.15, -0.1) is 0 Å². The van der Waals surface area contributed by atoms with Gasteiger partial charge < -0.3 is 4.74 Å². The van der Waals surface area contributed by atoms with Crippen LogP contribution in [-0.2, 0) is 14.6 Å². The quantitative estimate of drug-likeness (QED) is 0.436. The van der Waals surface area contributed by atoms with Crippen molar-refractivity contribution >= 4 is 38.2 Å². The molecule has 1 heterocycles. The summed E-state index contributed by atoms with van der Waals surface area (Å²) in [6, 6.07) is 5.96. The summed E-state index contributed by atoms with van der Waals surface area (Å²) in [6.45, 7) is 6.16. The summed E-state index contributed by atoms with van der Waals surface area (Å²) in [5, 5.41) is 0.399. The molecule has 0 N–H and O–H groups in total. The minimum atomic E-state index is -3.44. The molecular formula is C20H26N2O5S2. The Kier molecular flexibility index (Phi) is 7.92. The van der Waals surface area contributed by atoms with Gasteiger partial charge in [0.05, 0.1) is 17.2 Å². The number of carbonyl (C=O) groups excluding carboxylic acids is 2. The lowest BCUT2D eigenvalue weighted by atomic mass is 10.2. The molecule has 29 heavy (non-hydrogen) atoms. The first-order chi connectivity index (χ1) is 13.7. The normalized spacial score (nSPS) is 11.3. The van der Waals surface area contributed by atoms with Gasteiger partial charge >= 0.3 is 5.97 Å². The third-order valence-corrected chi connectivity index (χ3v) is 6.49. The summed E-state index contributed by atoms with van der Waals surface area (Å²) >= 11 is 1.11. The number of rotatable bonds is 9. The van der Waals surface area contributed by atoms with E-state index < -0.39 is 15.8 Å². The number of hydrogen-bond donors (Lipinski definition) is 0. The average Bonchev–Trinajstić information content (AvgIpc) is 3.06. The van der Waals surface area contributed by atoms with Crippen molar-refractivity contribution in [2.45, 2.75) is 44.9 Å². The van der Waals surface area contributed by atoms with Crippen molar-refractivity contribution < 1.29 is 22.7 Å². The number of nitrogens with zero attached hydrogens (tertiary/aromatic N) is 2. The van der Waals surface area contributed by atoms with Gasteiger partial charge in [0.15, 0.2) is 15.0 Å². The molecule has 0 saturated carbocycles. The van der Waals surface area contributed by atoms with E-state index in [-0.39, 0.29) is 23.0 Å². The minimum absolute atomic E-state index is 0.0828. The molecule has 1 amide bonds. The summed E-state index contributed by atoms with van der Waals surface area (Å²) in [6.07, 6.45) is 3.78. The van der Waals surface area contributed by atoms with Gasteiger partial charge in [-0.25, -0.2) is 18.2 Å². The molecule has 1 aromatic heterocycles. The van der Waals surface area contributed by atoms with E-state index in [9.17, 15) is 18.0 Å². The number of benzene rings is 1. The van der Waals surface area contributed by atoms with Crippen LogP contribution in [0.4, 0.5) is 5.13 Å². The fourth-order valence-corrected chi connectivity index (χ4v) is 4.36. The molecule has 0 aliphatic heterocycles. The highest BCUT2D eigenvalue weighted by Crippen LogP contribution is 2.29. The van der Waals surface area contributed by atoms with Crippen LogP contribution in [-0.4, -0.2) is 44.7 Å². The third kappa shape index (κ3) is 5.86. The number of anilines is 1. The molecule has 0 bridgehead atoms. The Morgan fingerprint density at radius 2 is 1.93 bits per heavy atom. The zero-order valence-corrected chi connectivity index (χ0v) is 18.7. The highest BCUT2D eigenvalue weighted by molar-refractivity contribution is 7.90. The molecule has 0 saturated heterocycles. The number of unbranched alkanes of at least 4 members (excludes halogenated alkanes) is 2. The van der Waals surface area contributed by atoms with Gasteiger partial charge in [-0.1, -0.05) is 37.2 Å². The molecule has 9 heteroatoms. The van der Waals surface area contributed by atoms with E-state index in [0.29, 0.717) is 22.2 Å². The molecular weight excluding hydrogens is 412 g/mol. The molecule has 0 aliphatic carbocycles. The lowest BCUT2D eigenvalue weighted by Crippen LogP contribution is -2.32. The Morgan fingerprint density at radius 3 is 2.55 bits per heavy atom. The van der Waals surface area contributed by atoms with Crippen molar-refractivity contribution in [3.63, 3.8) is 0 Å². The van der Waals surface area contributed by atoms with Gasteiger partial charge in [0.1, 0.15) is 4.88 Å². The highest BCUT2D eigenvalue weighted by Gasteiger charge is 2.25. The Bertz CT molecular complexity index is 983. The fourth-order valence-electron chi connectivity index (χ4n) is 2.70. The van der Waals surface area contributed by atoms with E-state index in [1.165, 1.54) is 17.0 Å². The number of carbonyl (C=O) groups is 2. The first-order valence-corrected chi connectivity index (χ1v) is 12.2. The van der Waals surface area contributed by atoms with E-state index >= 15 is 0 Å². The second kappa shape index (κ2) is 9.98. The van der Waals surface area contributed by atoms with Gasteiger partial charge in [-0.3, -0.25) is 9.69 Å². The average molecular weight is 439 g/mol. The van der Waals surface area contributed by atoms with Crippen molar-refractivity contribution in [1.82, 2.24) is 4.98 Å². The van der Waals surface area contributed by atoms with Crippen molar-refractivity contribution in [3.05, 3.63) is 40.4 Å². The smallest absolute Gasteiger partial charge is 0.350 e. The molecule has 0 atom stereocenters. The Balaban J connectivity index is 2.42. The van der Waals surface area contributed by atoms with Gasteiger partial charge in [-0.2, -0.15) is 0 Å². The Morgan fingerprint density at radius 1 is 1.21 bits per heavy atom. The summed E-state index contributed by atoms with van der Waals surface area (Å²) in [4.78, 5) is 31.7. The first-order valence-electron chi connectivity index (χ1n) is 9.45. The van der Waals surface area contributed by atoms with E-state index in [4.69, 9.17) is 4.74 Å². The van der Waals surface area contributed by atoms with Crippen LogP contribution >= 0.6 is 11.3 Å². The minimum Gasteiger partial charge on any atom is -0.462 e. The molecule has 2 rings (SSSR count). The van der Waals surface area contributed by atoms with E-state index in [1.54, 1.807) is 26.0 Å². The number of amides is 1. The maximum Gasteiger partial charge on any atom is 0.350 e. The molecule has 0 spiro atoms. The summed E-state index contributed by atoms with van der Waals surface area (Å²) in [5.41, 5.74) is 0.761. The maximum absolute atomic E-state index is 13.2. The SMILES string of the molecule is CCCCCN(C(=O)c1cccc(S(C)(=O)=O)c1)c1nc(C)c(C(=O)OCC)s1. The molecule has 2 aromatic rings. The van der Waals surface area contributed by atoms with E-state index in [0.717, 1.165) is 36.9 Å². The largest absolute Gasteiger partial charge is 0.462 e. The lowest BCUT2D eigenvalue weighted by Gasteiger charge is -2.20. The zero-order valence-electron chi connectivity index (χ0n) is 17.1. The van der Waals surface area contributed by atoms with Crippen molar-refractivity contribution in [1.29, 1.82) is 0 Å². The molecule has 0 aliphatic rings. The summed E-state index contributed by atoms with van der Waals surface area (Å²) in [5.74, 6) is -0.815. The number of sulfone groups is 1. The number of thiazole rings is 1. The molecule has 158 valence electrons. The predicted octanol–water partition coefficient (Wildman–Crippen LogP) is 3.87. The van der Waals surface area contributed by atoms with Crippen molar-refractivity contribution in [3.8, 4) is 0 Å². The van der Waals surface area contributed by atoms with Crippen molar-refractivity contribution in [2.75, 3.05) is 24.3 Å². The number of ether oxygens (including phenoxy) is 1. The topological polar surface area (TPSA) is 93.6 Å². The number of hydrogen-bond acceptors (Lipinski definition) is 7. The third-order valence-electron chi connectivity index (χ3n) is 4.22. The molecule has 7 nitrogen and oxygen atoms in total. The maximum atomic E-state index is 13.2. The second-order valence-corrected chi connectivity index (χ2v) is 9.59. The number of aromatic nitrogens is 1. The van der Waals surface area contributed by atoms with Crippen LogP contribution in [0.25, 0.3) is 0 Å². The summed E-state index contributed by atoms with van der Waals surface area (Å²) in [7, 11) is -3.44. The van der Waals surface area contributed by atoms with Gasteiger partial charge in [0.25, 0.3) is 5.91 Å². The molecule has 0 unspecified atom stereocenters. The monoisotopic (exact) mass is 438 g/mol. The van der Waals surface area contributed by atoms with Crippen molar-refractivity contribution in [2.24, 2.45) is 0 Å². The summed E-state index contributed by atoms with van der Waals surface area (Å²) < 4.78 is 28.8. The standard InChI is InChI=1S/C20H26N2O5S2/c1-5-7-8-12-22(20-21-14(3)17(28-20)19(24)27-6-2)18(23)15-10-9-11-16(13-15)29(4,25)26/h9-11,13H,5-8,12H2,1-4H3. The van der Waals surface area contributed by atoms with Crippen LogP contribution in [0.2, 0.25) is 0 Å². The van der Waals surface area contributed by atoms with E-state index in [1.807, 2.05) is 0 Å². The van der Waals surface area contributed by atoms with Crippen LogP contribution < -0.4 is 4.90 Å². The fraction of sp³-hybridized carbons (Fsp3) is 0.450. The lowest BCUT2D eigenvalue weighted by molar-refractivity contribution is 0.0531. The Hall–Kier alpha value is -2.26. The zero-order chi connectivity index (χ0) is 21.6. The molecule has 0 fully saturated rings. The number of esters is 1. The second-order valence-electron chi connectivity index (χ2n) is 6.60. The van der Waals surface area contributed by atoms with Gasteiger partial charge in [0.2, 0.25) is 0 Å². The van der Waals surface area contributed by atoms with Crippen LogP contribution in [0, 0.1) is 6.92 Å². The van der Waals surface area contributed by atoms with Crippen LogP contribution in [0.1, 0.15) is 58.8 Å². The van der Waals surface area contributed by atoms with Crippen LogP contribution in [0.5, 0.6) is 0 Å². The number of aryl methyl sites for hydroxylation is 1. The van der Waals surface area contributed by atoms with Crippen LogP contribution in [0.15, 0.2) is 29.2 Å². The predicted molar refractivity (Wildman–Crippen MR) is 114 cm³/mol. The van der Waals surface area contributed by atoms with Gasteiger partial charge in [0, 0.05) is 18.4 Å².